The standard InChI is InChI=1S/C15H18F2N2O4/c1-7-8(16)5-9(17)11-12(7)23-6-10(13(20)18-11)19(14(21)22)15(2,3)4/h5,10H,6H2,1-4H3,(H,18,20)(H,21,22)/t10-/m0/s1. The van der Waals surface area contributed by atoms with Crippen molar-refractivity contribution < 1.29 is 28.2 Å². The number of hydrogen-bond acceptors (Lipinski definition) is 3. The van der Waals surface area contributed by atoms with E-state index in [0.717, 1.165) is 4.90 Å². The van der Waals surface area contributed by atoms with Gasteiger partial charge < -0.3 is 15.2 Å². The first-order valence-electron chi connectivity index (χ1n) is 6.98. The molecule has 1 aromatic rings. The Kier molecular flexibility index (Phi) is 4.19. The van der Waals surface area contributed by atoms with Crippen LogP contribution in [0.2, 0.25) is 0 Å². The van der Waals surface area contributed by atoms with E-state index >= 15 is 0 Å². The molecule has 2 rings (SSSR count). The van der Waals surface area contributed by atoms with Crippen LogP contribution in [0.15, 0.2) is 6.07 Å². The molecule has 0 saturated heterocycles. The van der Waals surface area contributed by atoms with Gasteiger partial charge in [-0.05, 0) is 27.7 Å². The number of fused-ring (bicyclic) bond motifs is 1. The summed E-state index contributed by atoms with van der Waals surface area (Å²) in [6.45, 7) is 5.92. The quantitative estimate of drug-likeness (QED) is 0.831. The van der Waals surface area contributed by atoms with Crippen molar-refractivity contribution in [3.05, 3.63) is 23.3 Å². The smallest absolute Gasteiger partial charge is 0.408 e. The molecule has 0 aliphatic carbocycles. The Morgan fingerprint density at radius 2 is 2.00 bits per heavy atom. The molecule has 0 spiro atoms. The Balaban J connectivity index is 2.46. The van der Waals surface area contributed by atoms with Gasteiger partial charge in [-0.15, -0.1) is 0 Å². The summed E-state index contributed by atoms with van der Waals surface area (Å²) in [6.07, 6.45) is -1.31. The van der Waals surface area contributed by atoms with Crippen LogP contribution in [0, 0.1) is 18.6 Å². The largest absolute Gasteiger partial charge is 0.488 e. The molecular formula is C15H18F2N2O4. The van der Waals surface area contributed by atoms with E-state index in [4.69, 9.17) is 4.74 Å². The molecule has 8 heteroatoms. The van der Waals surface area contributed by atoms with Crippen LogP contribution in [0.5, 0.6) is 5.75 Å². The second-order valence-corrected chi connectivity index (χ2v) is 6.31. The fourth-order valence-electron chi connectivity index (χ4n) is 2.52. The number of amides is 2. The number of anilines is 1. The minimum Gasteiger partial charge on any atom is -0.488 e. The molecule has 1 aliphatic heterocycles. The van der Waals surface area contributed by atoms with Gasteiger partial charge in [0.25, 0.3) is 5.91 Å². The first-order chi connectivity index (χ1) is 10.5. The summed E-state index contributed by atoms with van der Waals surface area (Å²) in [4.78, 5) is 24.8. The molecule has 23 heavy (non-hydrogen) atoms. The van der Waals surface area contributed by atoms with E-state index in [1.807, 2.05) is 0 Å². The number of hydrogen-bond donors (Lipinski definition) is 2. The van der Waals surface area contributed by atoms with Crippen LogP contribution in [0.4, 0.5) is 19.3 Å². The van der Waals surface area contributed by atoms with Crippen LogP contribution in [-0.4, -0.2) is 40.2 Å². The highest BCUT2D eigenvalue weighted by Gasteiger charge is 2.40. The highest BCUT2D eigenvalue weighted by atomic mass is 19.1. The first-order valence-corrected chi connectivity index (χ1v) is 6.98. The molecule has 2 amide bonds. The third-order valence-corrected chi connectivity index (χ3v) is 3.60. The Hall–Kier alpha value is -2.38. The predicted molar refractivity (Wildman–Crippen MR) is 78.6 cm³/mol. The van der Waals surface area contributed by atoms with Gasteiger partial charge in [0.05, 0.1) is 0 Å². The Bertz CT molecular complexity index is 670. The number of benzene rings is 1. The summed E-state index contributed by atoms with van der Waals surface area (Å²) in [5.41, 5.74) is -1.12. The molecule has 1 aromatic carbocycles. The lowest BCUT2D eigenvalue weighted by Crippen LogP contribution is -2.57. The molecule has 0 radical (unpaired) electrons. The van der Waals surface area contributed by atoms with Crippen molar-refractivity contribution in [1.29, 1.82) is 0 Å². The first kappa shape index (κ1) is 17.0. The Morgan fingerprint density at radius 3 is 2.52 bits per heavy atom. The molecule has 6 nitrogen and oxygen atoms in total. The van der Waals surface area contributed by atoms with E-state index in [1.165, 1.54) is 6.92 Å². The van der Waals surface area contributed by atoms with Crippen LogP contribution in [0.3, 0.4) is 0 Å². The van der Waals surface area contributed by atoms with Crippen LogP contribution in [0.1, 0.15) is 26.3 Å². The van der Waals surface area contributed by atoms with Crippen LogP contribution in [-0.2, 0) is 4.79 Å². The van der Waals surface area contributed by atoms with Crippen molar-refractivity contribution in [3.8, 4) is 5.75 Å². The number of carbonyl (C=O) groups is 2. The van der Waals surface area contributed by atoms with Crippen molar-refractivity contribution in [2.45, 2.75) is 39.3 Å². The number of rotatable bonds is 1. The van der Waals surface area contributed by atoms with Crippen LogP contribution in [0.25, 0.3) is 0 Å². The van der Waals surface area contributed by atoms with Gasteiger partial charge in [0.15, 0.2) is 11.6 Å². The number of carbonyl (C=O) groups excluding carboxylic acids is 1. The number of nitrogens with one attached hydrogen (secondary N) is 1. The van der Waals surface area contributed by atoms with Gasteiger partial charge in [-0.2, -0.15) is 0 Å². The van der Waals surface area contributed by atoms with Crippen molar-refractivity contribution in [1.82, 2.24) is 4.90 Å². The minimum atomic E-state index is -1.31. The molecule has 1 aliphatic rings. The molecule has 0 aromatic heterocycles. The molecule has 0 fully saturated rings. The SMILES string of the molecule is Cc1c(F)cc(F)c2c1OC[C@H](N(C(=O)O)C(C)(C)C)C(=O)N2. The van der Waals surface area contributed by atoms with Crippen molar-refractivity contribution in [3.63, 3.8) is 0 Å². The van der Waals surface area contributed by atoms with Gasteiger partial charge in [-0.3, -0.25) is 9.69 Å². The van der Waals surface area contributed by atoms with Gasteiger partial charge in [-0.1, -0.05) is 0 Å². The number of nitrogens with zero attached hydrogens (tertiary/aromatic N) is 1. The fraction of sp³-hybridized carbons (Fsp3) is 0.467. The second-order valence-electron chi connectivity index (χ2n) is 6.31. The molecule has 2 N–H and O–H groups in total. The fourth-order valence-corrected chi connectivity index (χ4v) is 2.52. The molecule has 0 unspecified atom stereocenters. The molecular weight excluding hydrogens is 310 g/mol. The maximum Gasteiger partial charge on any atom is 0.408 e. The normalized spacial score (nSPS) is 17.7. The lowest BCUT2D eigenvalue weighted by atomic mass is 10.0. The summed E-state index contributed by atoms with van der Waals surface area (Å²) in [7, 11) is 0. The molecule has 1 heterocycles. The van der Waals surface area contributed by atoms with Gasteiger partial charge in [0.2, 0.25) is 0 Å². The van der Waals surface area contributed by atoms with E-state index in [2.05, 4.69) is 5.32 Å². The zero-order chi connectivity index (χ0) is 17.5. The van der Waals surface area contributed by atoms with Crippen LogP contribution >= 0.6 is 0 Å². The zero-order valence-corrected chi connectivity index (χ0v) is 13.2. The maximum atomic E-state index is 13.9. The van der Waals surface area contributed by atoms with E-state index in [1.54, 1.807) is 20.8 Å². The van der Waals surface area contributed by atoms with Gasteiger partial charge >= 0.3 is 6.09 Å². The summed E-state index contributed by atoms with van der Waals surface area (Å²) >= 11 is 0. The highest BCUT2D eigenvalue weighted by molar-refractivity contribution is 5.99. The average molecular weight is 328 g/mol. The summed E-state index contributed by atoms with van der Waals surface area (Å²) in [5.74, 6) is -2.64. The van der Waals surface area contributed by atoms with Crippen LogP contribution < -0.4 is 10.1 Å². The van der Waals surface area contributed by atoms with Crippen molar-refractivity contribution in [2.75, 3.05) is 11.9 Å². The summed E-state index contributed by atoms with van der Waals surface area (Å²) < 4.78 is 32.9. The van der Waals surface area contributed by atoms with E-state index in [-0.39, 0.29) is 23.6 Å². The number of halogens is 2. The number of carboxylic acid groups (broad SMARTS) is 1. The lowest BCUT2D eigenvalue weighted by molar-refractivity contribution is -0.123. The molecule has 126 valence electrons. The Labute approximate surface area is 132 Å². The van der Waals surface area contributed by atoms with Gasteiger partial charge in [-0.25, -0.2) is 13.6 Å². The van der Waals surface area contributed by atoms with Crippen molar-refractivity contribution >= 4 is 17.7 Å². The van der Waals surface area contributed by atoms with Crippen molar-refractivity contribution in [2.24, 2.45) is 0 Å². The second kappa shape index (κ2) is 5.68. The molecule has 1 atom stereocenters. The van der Waals surface area contributed by atoms with E-state index in [9.17, 15) is 23.5 Å². The van der Waals surface area contributed by atoms with Gasteiger partial charge in [0.1, 0.15) is 24.2 Å². The van der Waals surface area contributed by atoms with Gasteiger partial charge in [0, 0.05) is 17.2 Å². The van der Waals surface area contributed by atoms with E-state index in [0.29, 0.717) is 6.07 Å². The lowest BCUT2D eigenvalue weighted by Gasteiger charge is -2.37. The number of ether oxygens (including phenoxy) is 1. The average Bonchev–Trinajstić information content (AvgIpc) is 2.55. The third-order valence-electron chi connectivity index (χ3n) is 3.60. The predicted octanol–water partition coefficient (Wildman–Crippen LogP) is 2.75. The third kappa shape index (κ3) is 3.06. The zero-order valence-electron chi connectivity index (χ0n) is 13.2. The maximum absolute atomic E-state index is 13.9. The highest BCUT2D eigenvalue weighted by Crippen LogP contribution is 2.36. The molecule has 0 bridgehead atoms. The Morgan fingerprint density at radius 1 is 1.39 bits per heavy atom. The monoisotopic (exact) mass is 328 g/mol. The minimum absolute atomic E-state index is 0.0417. The summed E-state index contributed by atoms with van der Waals surface area (Å²) in [5, 5.41) is 11.7. The summed E-state index contributed by atoms with van der Waals surface area (Å²) in [6, 6.07) is -0.543. The van der Waals surface area contributed by atoms with E-state index < -0.39 is 35.2 Å². The topological polar surface area (TPSA) is 78.9 Å². The molecule has 0 saturated carbocycles.